The Bertz CT molecular complexity index is 3510. The number of β-lactam (4-membered cyclic amide) rings is 1. The predicted molar refractivity (Wildman–Crippen MR) is 313 cm³/mol. The first-order valence-electron chi connectivity index (χ1n) is 25.1. The molecule has 4 N–H and O–H groups in total. The number of oxime groups is 1. The number of ether oxygens (including phenoxy) is 4. The third kappa shape index (κ3) is 13.4. The number of aromatic nitrogens is 2. The zero-order valence-corrected chi connectivity index (χ0v) is 48.5. The van der Waals surface area contributed by atoms with Crippen molar-refractivity contribution in [1.29, 1.82) is 0 Å². The first kappa shape index (κ1) is 58.5. The molecule has 3 atom stereocenters. The fourth-order valence-electron chi connectivity index (χ4n) is 8.68. The maximum absolute atomic E-state index is 15.0. The summed E-state index contributed by atoms with van der Waals surface area (Å²) in [4.78, 5) is 107. The molecule has 0 bridgehead atoms. The number of thioether (sulfide) groups is 3. The molecule has 24 heteroatoms. The van der Waals surface area contributed by atoms with Crippen LogP contribution in [-0.4, -0.2) is 102 Å². The van der Waals surface area contributed by atoms with Crippen molar-refractivity contribution in [2.45, 2.75) is 71.4 Å². The summed E-state index contributed by atoms with van der Waals surface area (Å²) in [5.41, 5.74) is -1.59. The number of carboxylic acids is 1. The van der Waals surface area contributed by atoms with Crippen LogP contribution >= 0.6 is 58.2 Å². The second kappa shape index (κ2) is 25.7. The first-order valence-corrected chi connectivity index (χ1v) is 29.7. The van der Waals surface area contributed by atoms with Crippen LogP contribution in [0.1, 0.15) is 66.0 Å². The Morgan fingerprint density at radius 3 is 2.04 bits per heavy atom. The molecule has 9 rings (SSSR count). The number of H-pyrrole nitrogens is 1. The van der Waals surface area contributed by atoms with E-state index in [0.717, 1.165) is 51.7 Å². The molecule has 7 aromatic rings. The van der Waals surface area contributed by atoms with Crippen molar-refractivity contribution >= 4 is 105 Å². The highest BCUT2D eigenvalue weighted by molar-refractivity contribution is 8.02. The van der Waals surface area contributed by atoms with Gasteiger partial charge in [-0.25, -0.2) is 19.4 Å². The normalized spacial score (nSPS) is 15.5. The second-order valence-corrected chi connectivity index (χ2v) is 24.3. The van der Waals surface area contributed by atoms with Crippen molar-refractivity contribution in [2.24, 2.45) is 5.16 Å². The molecule has 2 amide bonds. The lowest BCUT2D eigenvalue weighted by Crippen LogP contribution is -2.71. The third-order valence-electron chi connectivity index (χ3n) is 12.4. The molecule has 82 heavy (non-hydrogen) atoms. The van der Waals surface area contributed by atoms with Gasteiger partial charge < -0.3 is 39.5 Å². The van der Waals surface area contributed by atoms with Crippen LogP contribution in [0.3, 0.4) is 0 Å². The Hall–Kier alpha value is -8.16. The number of nitrogens with zero attached hydrogens (tertiary/aromatic N) is 3. The smallest absolute Gasteiger partial charge is 0.361 e. The zero-order chi connectivity index (χ0) is 58.1. The number of hydrogen-bond donors (Lipinski definition) is 4. The summed E-state index contributed by atoms with van der Waals surface area (Å²) in [6.07, 6.45) is 0. The van der Waals surface area contributed by atoms with Gasteiger partial charge in [0.15, 0.2) is 16.4 Å². The number of aromatic carboxylic acids is 1. The van der Waals surface area contributed by atoms with Crippen LogP contribution in [0.4, 0.5) is 5.13 Å². The molecule has 2 aliphatic heterocycles. The van der Waals surface area contributed by atoms with Gasteiger partial charge in [0.25, 0.3) is 22.8 Å². The molecule has 1 fully saturated rings. The molecule has 4 heterocycles. The first-order chi connectivity index (χ1) is 39.4. The van der Waals surface area contributed by atoms with Crippen molar-refractivity contribution < 1.29 is 57.7 Å². The average molecular weight is 1200 g/mol. The highest BCUT2D eigenvalue weighted by Gasteiger charge is 2.55. The molecule has 5 aromatic carbocycles. The second-order valence-electron chi connectivity index (χ2n) is 19.1. The quantitative estimate of drug-likeness (QED) is 0.00720. The van der Waals surface area contributed by atoms with Crippen LogP contribution in [0.25, 0.3) is 0 Å². The summed E-state index contributed by atoms with van der Waals surface area (Å²) in [6, 6.07) is 41.3. The number of aromatic amines is 1. The number of benzene rings is 5. The lowest BCUT2D eigenvalue weighted by molar-refractivity contribution is -0.162. The number of nitrogens with one attached hydrogen (secondary N) is 3. The summed E-state index contributed by atoms with van der Waals surface area (Å²) in [7, 11) is 1.52. The maximum Gasteiger partial charge on any atom is 0.361 e. The summed E-state index contributed by atoms with van der Waals surface area (Å²) in [5, 5.41) is 21.7. The molecule has 1 saturated heterocycles. The van der Waals surface area contributed by atoms with Crippen LogP contribution in [-0.2, 0) is 50.4 Å². The lowest BCUT2D eigenvalue weighted by Gasteiger charge is -2.49. The summed E-state index contributed by atoms with van der Waals surface area (Å²) in [6.45, 7) is 6.13. The highest BCUT2D eigenvalue weighted by atomic mass is 32.2. The van der Waals surface area contributed by atoms with Gasteiger partial charge >= 0.3 is 23.9 Å². The third-order valence-corrected chi connectivity index (χ3v) is 17.7. The number of carboxylic acid groups (broad SMARTS) is 1. The maximum atomic E-state index is 15.0. The Morgan fingerprint density at radius 1 is 0.854 bits per heavy atom. The number of carbonyl (C=O) groups is 6. The Kier molecular flexibility index (Phi) is 18.4. The number of hydrogen-bond acceptors (Lipinski definition) is 20. The molecule has 0 spiro atoms. The Morgan fingerprint density at radius 2 is 1.46 bits per heavy atom. The van der Waals surface area contributed by atoms with Crippen molar-refractivity contribution in [3.63, 3.8) is 0 Å². The van der Waals surface area contributed by atoms with Gasteiger partial charge in [0.1, 0.15) is 52.1 Å². The van der Waals surface area contributed by atoms with Crippen LogP contribution in [0, 0.1) is 0 Å². The predicted octanol–water partition coefficient (Wildman–Crippen LogP) is 9.30. The van der Waals surface area contributed by atoms with E-state index in [9.17, 15) is 33.9 Å². The number of thiazole rings is 1. The van der Waals surface area contributed by atoms with E-state index in [4.69, 9.17) is 28.8 Å². The van der Waals surface area contributed by atoms with E-state index in [1.165, 1.54) is 54.2 Å². The minimum atomic E-state index is -1.53. The number of rotatable bonds is 22. The molecule has 2 aliphatic rings. The van der Waals surface area contributed by atoms with E-state index in [2.05, 4.69) is 20.2 Å². The molecular weight excluding hydrogens is 1150 g/mol. The summed E-state index contributed by atoms with van der Waals surface area (Å²) < 4.78 is 24.6. The fraction of sp³-hybridized carbons (Fsp3) is 0.224. The fourth-order valence-corrected chi connectivity index (χ4v) is 13.7. The molecule has 0 radical (unpaired) electrons. The standard InChI is InChI=1S/C58H52N6O13S5/c1-33(65)75-40-25-27-41(28-26-40)81-54(53(72)76-57(2,3)4)77-62-44(42-32-80-56(59-42)61-58(36-15-9-6-10-16-36,37-17-11-7-12-18-37)38-19-13-8-14-20-38)48(67)60-45-49(68)64-46(52(71)74-29-34-21-23-39(73-5)24-22-34)35(30-78-50(45)64)31-79-55-43(51(69)70)47(66)63-82-55/h6-28,32,45,50,54H,29-31H2,1-5H3,(H,59,61)(H,60,67)(H,63,66)(H,69,70)/b62-44-/t45-,50+,54-/m1/s1. The van der Waals surface area contributed by atoms with E-state index >= 15 is 4.79 Å². The van der Waals surface area contributed by atoms with Gasteiger partial charge in [0, 0.05) is 28.7 Å². The van der Waals surface area contributed by atoms with E-state index in [1.807, 2.05) is 91.0 Å². The topological polar surface area (TPSA) is 254 Å². The van der Waals surface area contributed by atoms with Gasteiger partial charge in [-0.1, -0.05) is 132 Å². The monoisotopic (exact) mass is 1200 g/mol. The summed E-state index contributed by atoms with van der Waals surface area (Å²) >= 11 is 5.16. The minimum absolute atomic E-state index is 0.00137. The Balaban J connectivity index is 1.06. The van der Waals surface area contributed by atoms with Gasteiger partial charge in [-0.15, -0.1) is 34.9 Å². The van der Waals surface area contributed by atoms with E-state index in [0.29, 0.717) is 26.9 Å². The van der Waals surface area contributed by atoms with Gasteiger partial charge in [-0.3, -0.25) is 28.5 Å². The zero-order valence-electron chi connectivity index (χ0n) is 44.4. The average Bonchev–Trinajstić information content (AvgIpc) is 1.94. The van der Waals surface area contributed by atoms with Crippen molar-refractivity contribution in [2.75, 3.05) is 23.9 Å². The number of esters is 3. The number of carbonyl (C=O) groups excluding carboxylic acids is 5. The Labute approximate surface area is 491 Å². The summed E-state index contributed by atoms with van der Waals surface area (Å²) in [5.74, 6) is -4.25. The molecule has 0 saturated carbocycles. The van der Waals surface area contributed by atoms with Gasteiger partial charge in [0.2, 0.25) is 0 Å². The number of methoxy groups -OCH3 is 1. The van der Waals surface area contributed by atoms with Gasteiger partial charge in [0.05, 0.1) is 11.3 Å². The van der Waals surface area contributed by atoms with E-state index in [1.54, 1.807) is 62.5 Å². The van der Waals surface area contributed by atoms with E-state index in [-0.39, 0.29) is 39.5 Å². The molecule has 0 aliphatic carbocycles. The van der Waals surface area contributed by atoms with Gasteiger partial charge in [-0.2, -0.15) is 0 Å². The van der Waals surface area contributed by atoms with Gasteiger partial charge in [-0.05, 0) is 85.0 Å². The minimum Gasteiger partial charge on any atom is -0.497 e. The van der Waals surface area contributed by atoms with Crippen LogP contribution in [0.5, 0.6) is 11.5 Å². The molecule has 2 aromatic heterocycles. The highest BCUT2D eigenvalue weighted by Crippen LogP contribution is 2.44. The van der Waals surface area contributed by atoms with Crippen LogP contribution in [0.15, 0.2) is 175 Å². The van der Waals surface area contributed by atoms with Crippen molar-refractivity contribution in [1.82, 2.24) is 19.6 Å². The van der Waals surface area contributed by atoms with Crippen LogP contribution in [0.2, 0.25) is 0 Å². The molecule has 0 unspecified atom stereocenters. The van der Waals surface area contributed by atoms with Crippen molar-refractivity contribution in [3.8, 4) is 11.5 Å². The number of amides is 2. The molecular formula is C58H52N6O13S5. The lowest BCUT2D eigenvalue weighted by atomic mass is 9.77. The molecule has 422 valence electrons. The van der Waals surface area contributed by atoms with Crippen molar-refractivity contribution in [3.05, 3.63) is 200 Å². The molecule has 19 nitrogen and oxygen atoms in total. The van der Waals surface area contributed by atoms with E-state index < -0.39 is 80.5 Å². The van der Waals surface area contributed by atoms with Crippen LogP contribution < -0.4 is 25.7 Å². The number of fused-ring (bicyclic) bond motifs is 1. The SMILES string of the molecule is COc1ccc(COC(=O)C2=C(CSc3s[nH]c(=O)c3C(=O)O)CS[C@H]3[C@H](NC(=O)/C(=N\O[C@H](Sc4ccc(OC(C)=O)cc4)C(=O)OC(C)(C)C)c4csc(NC(c5ccccc5)(c5ccccc5)c5ccccc5)n4)C(=O)N23)cc1. The number of anilines is 1. The largest absolute Gasteiger partial charge is 0.497 e.